The van der Waals surface area contributed by atoms with Crippen molar-refractivity contribution in [2.75, 3.05) is 49.2 Å². The molecule has 8 heteroatoms. The Balaban J connectivity index is 1.82. The molecule has 3 aliphatic rings. The molecule has 1 N–H and O–H groups in total. The molecule has 5 rings (SSSR count). The van der Waals surface area contributed by atoms with E-state index in [9.17, 15) is 10.4 Å². The monoisotopic (exact) mass is 435 g/mol. The van der Waals surface area contributed by atoms with Crippen molar-refractivity contribution in [3.63, 3.8) is 0 Å². The van der Waals surface area contributed by atoms with Crippen molar-refractivity contribution in [2.24, 2.45) is 0 Å². The summed E-state index contributed by atoms with van der Waals surface area (Å²) in [5, 5.41) is 21.2. The molecule has 31 heavy (non-hydrogen) atoms. The first-order chi connectivity index (χ1) is 15.1. The number of aromatic hydroxyl groups is 1. The molecular weight excluding hydrogens is 410 g/mol. The Morgan fingerprint density at radius 3 is 2.81 bits per heavy atom. The molecule has 3 aliphatic heterocycles. The van der Waals surface area contributed by atoms with E-state index >= 15 is 0 Å². The van der Waals surface area contributed by atoms with E-state index in [1.165, 1.54) is 0 Å². The van der Waals surface area contributed by atoms with Crippen LogP contribution in [0.15, 0.2) is 24.3 Å². The van der Waals surface area contributed by atoms with Gasteiger partial charge in [-0.2, -0.15) is 5.26 Å². The highest BCUT2D eigenvalue weighted by molar-refractivity contribution is 7.80. The third-order valence-electron chi connectivity index (χ3n) is 6.38. The van der Waals surface area contributed by atoms with Crippen molar-refractivity contribution in [3.8, 4) is 23.1 Å². The predicted molar refractivity (Wildman–Crippen MR) is 123 cm³/mol. The second-order valence-corrected chi connectivity index (χ2v) is 8.43. The number of thiocarbonyl (C=S) groups is 1. The number of benzene rings is 1. The number of phenols is 1. The van der Waals surface area contributed by atoms with Crippen LogP contribution in [0.1, 0.15) is 36.9 Å². The summed E-state index contributed by atoms with van der Waals surface area (Å²) in [4.78, 5) is 11.7. The smallest absolute Gasteiger partial charge is 0.177 e. The number of pyridine rings is 1. The van der Waals surface area contributed by atoms with Gasteiger partial charge in [0.1, 0.15) is 23.2 Å². The number of phenolic OH excluding ortho intramolecular Hbond substituents is 1. The zero-order chi connectivity index (χ0) is 21.5. The van der Waals surface area contributed by atoms with Crippen molar-refractivity contribution >= 4 is 28.8 Å². The van der Waals surface area contributed by atoms with Crippen molar-refractivity contribution < 1.29 is 9.84 Å². The first kappa shape index (κ1) is 20.0. The number of nitrogens with zero attached hydrogens (tertiary/aromatic N) is 5. The summed E-state index contributed by atoms with van der Waals surface area (Å²) in [6, 6.07) is 9.55. The number of hydrogen-bond acceptors (Lipinski definition) is 6. The van der Waals surface area contributed by atoms with Gasteiger partial charge in [0.15, 0.2) is 5.11 Å². The van der Waals surface area contributed by atoms with Gasteiger partial charge >= 0.3 is 0 Å². The summed E-state index contributed by atoms with van der Waals surface area (Å²) in [6.07, 6.45) is 2.07. The van der Waals surface area contributed by atoms with Gasteiger partial charge in [0.25, 0.3) is 0 Å². The number of ether oxygens (including phenoxy) is 1. The molecule has 2 saturated heterocycles. The third-order valence-corrected chi connectivity index (χ3v) is 6.84. The lowest BCUT2D eigenvalue weighted by Crippen LogP contribution is -2.49. The van der Waals surface area contributed by atoms with E-state index in [1.54, 1.807) is 18.2 Å². The van der Waals surface area contributed by atoms with E-state index < -0.39 is 0 Å². The fourth-order valence-electron chi connectivity index (χ4n) is 5.00. The molecule has 2 aromatic rings. The van der Waals surface area contributed by atoms with Crippen LogP contribution in [-0.4, -0.2) is 59.5 Å². The maximum Gasteiger partial charge on any atom is 0.177 e. The average Bonchev–Trinajstić information content (AvgIpc) is 3.29. The fraction of sp³-hybridized carbons (Fsp3) is 0.435. The van der Waals surface area contributed by atoms with Gasteiger partial charge in [0.2, 0.25) is 0 Å². The molecule has 1 aromatic heterocycles. The number of rotatable bonds is 3. The highest BCUT2D eigenvalue weighted by atomic mass is 32.1. The molecule has 160 valence electrons. The van der Waals surface area contributed by atoms with Gasteiger partial charge in [0.05, 0.1) is 30.6 Å². The van der Waals surface area contributed by atoms with E-state index in [-0.39, 0.29) is 11.8 Å². The first-order valence-electron chi connectivity index (χ1n) is 10.8. The predicted octanol–water partition coefficient (Wildman–Crippen LogP) is 3.42. The molecule has 4 heterocycles. The van der Waals surface area contributed by atoms with Crippen LogP contribution in [0, 0.1) is 11.3 Å². The molecule has 7 nitrogen and oxygen atoms in total. The molecule has 0 bridgehead atoms. The van der Waals surface area contributed by atoms with Crippen LogP contribution in [0.3, 0.4) is 0 Å². The quantitative estimate of drug-likeness (QED) is 0.735. The summed E-state index contributed by atoms with van der Waals surface area (Å²) >= 11 is 5.86. The van der Waals surface area contributed by atoms with E-state index in [4.69, 9.17) is 21.9 Å². The van der Waals surface area contributed by atoms with Crippen molar-refractivity contribution in [1.82, 2.24) is 9.88 Å². The standard InChI is InChI=1S/C23H25N5O2S/c1-2-27-22-19(18-7-4-8-28(18)23(27)31)21(26-9-11-30-12-10-26)17(14-24)20(25-22)15-5-3-6-16(29)13-15/h3,5-6,13,18,29H,2,4,7-12H2,1H3. The Morgan fingerprint density at radius 2 is 2.10 bits per heavy atom. The van der Waals surface area contributed by atoms with E-state index in [2.05, 4.69) is 27.7 Å². The lowest BCUT2D eigenvalue weighted by molar-refractivity contribution is 0.122. The molecule has 0 saturated carbocycles. The van der Waals surface area contributed by atoms with Crippen molar-refractivity contribution in [3.05, 3.63) is 35.4 Å². The number of hydrogen-bond donors (Lipinski definition) is 1. The third kappa shape index (κ3) is 3.20. The summed E-state index contributed by atoms with van der Waals surface area (Å²) in [5.41, 5.74) is 3.93. The van der Waals surface area contributed by atoms with Crippen LogP contribution in [0.5, 0.6) is 5.75 Å². The second kappa shape index (κ2) is 7.98. The van der Waals surface area contributed by atoms with Gasteiger partial charge in [-0.1, -0.05) is 12.1 Å². The fourth-order valence-corrected chi connectivity index (χ4v) is 5.43. The zero-order valence-electron chi connectivity index (χ0n) is 17.5. The van der Waals surface area contributed by atoms with Crippen LogP contribution in [0.25, 0.3) is 11.3 Å². The zero-order valence-corrected chi connectivity index (χ0v) is 18.4. The minimum Gasteiger partial charge on any atom is -0.508 e. The average molecular weight is 436 g/mol. The van der Waals surface area contributed by atoms with Crippen LogP contribution >= 0.6 is 12.2 Å². The van der Waals surface area contributed by atoms with Crippen LogP contribution < -0.4 is 9.80 Å². The SMILES string of the molecule is CCN1C(=S)N2CCCC2c2c1nc(-c1cccc(O)c1)c(C#N)c2N1CCOCC1. The van der Waals surface area contributed by atoms with E-state index in [0.717, 1.165) is 60.2 Å². The number of morpholine rings is 1. The maximum atomic E-state index is 10.3. The lowest BCUT2D eigenvalue weighted by Gasteiger charge is -2.43. The molecule has 0 radical (unpaired) electrons. The number of anilines is 2. The summed E-state index contributed by atoms with van der Waals surface area (Å²) in [5.74, 6) is 0.994. The number of nitriles is 1. The van der Waals surface area contributed by atoms with Gasteiger partial charge in [-0.3, -0.25) is 0 Å². The normalized spacial score (nSPS) is 20.5. The molecule has 1 unspecified atom stereocenters. The molecule has 0 aliphatic carbocycles. The Morgan fingerprint density at radius 1 is 1.29 bits per heavy atom. The first-order valence-corrected chi connectivity index (χ1v) is 11.2. The Labute approximate surface area is 187 Å². The van der Waals surface area contributed by atoms with Crippen molar-refractivity contribution in [1.29, 1.82) is 5.26 Å². The molecule has 1 atom stereocenters. The Kier molecular flexibility index (Phi) is 5.16. The van der Waals surface area contributed by atoms with Crippen LogP contribution in [0.4, 0.5) is 11.5 Å². The molecule has 0 amide bonds. The minimum atomic E-state index is 0.140. The molecule has 2 fully saturated rings. The highest BCUT2D eigenvalue weighted by Crippen LogP contribution is 2.49. The molecule has 0 spiro atoms. The van der Waals surface area contributed by atoms with Crippen LogP contribution in [-0.2, 0) is 4.74 Å². The Hall–Kier alpha value is -2.89. The summed E-state index contributed by atoms with van der Waals surface area (Å²) in [6.45, 7) is 6.44. The molecule has 1 aromatic carbocycles. The van der Waals surface area contributed by atoms with Gasteiger partial charge < -0.3 is 24.5 Å². The topological polar surface area (TPSA) is 75.9 Å². The molecular formula is C23H25N5O2S. The van der Waals surface area contributed by atoms with E-state index in [1.807, 2.05) is 6.07 Å². The van der Waals surface area contributed by atoms with E-state index in [0.29, 0.717) is 31.0 Å². The van der Waals surface area contributed by atoms with Gasteiger partial charge in [-0.05, 0) is 44.1 Å². The van der Waals surface area contributed by atoms with Crippen LogP contribution in [0.2, 0.25) is 0 Å². The van der Waals surface area contributed by atoms with Gasteiger partial charge in [-0.25, -0.2) is 4.98 Å². The number of fused-ring (bicyclic) bond motifs is 3. The Bertz CT molecular complexity index is 1080. The van der Waals surface area contributed by atoms with Gasteiger partial charge in [-0.15, -0.1) is 0 Å². The maximum absolute atomic E-state index is 10.3. The summed E-state index contributed by atoms with van der Waals surface area (Å²) < 4.78 is 5.60. The second-order valence-electron chi connectivity index (χ2n) is 8.06. The van der Waals surface area contributed by atoms with Gasteiger partial charge in [0, 0.05) is 37.3 Å². The largest absolute Gasteiger partial charge is 0.508 e. The number of aromatic nitrogens is 1. The minimum absolute atomic E-state index is 0.140. The summed E-state index contributed by atoms with van der Waals surface area (Å²) in [7, 11) is 0. The lowest BCUT2D eigenvalue weighted by atomic mass is 9.93. The van der Waals surface area contributed by atoms with Crippen molar-refractivity contribution in [2.45, 2.75) is 25.8 Å². The highest BCUT2D eigenvalue weighted by Gasteiger charge is 2.42.